The number of nitrogens with zero attached hydrogens (tertiary/aromatic N) is 2. The molecule has 1 heterocycles. The monoisotopic (exact) mass is 397 g/mol. The Morgan fingerprint density at radius 1 is 1.21 bits per heavy atom. The first-order valence-electron chi connectivity index (χ1n) is 8.22. The van der Waals surface area contributed by atoms with Crippen LogP contribution in [0.3, 0.4) is 0 Å². The predicted molar refractivity (Wildman–Crippen MR) is 106 cm³/mol. The number of nitriles is 1. The number of halogens is 1. The maximum absolute atomic E-state index is 12.6. The van der Waals surface area contributed by atoms with Gasteiger partial charge in [-0.2, -0.15) is 5.26 Å². The van der Waals surface area contributed by atoms with E-state index in [2.05, 4.69) is 5.32 Å². The number of para-hydroxylation sites is 1. The molecule has 28 heavy (non-hydrogen) atoms. The molecule has 0 aliphatic carbocycles. The van der Waals surface area contributed by atoms with Gasteiger partial charge in [0.15, 0.2) is 0 Å². The van der Waals surface area contributed by atoms with Crippen LogP contribution in [0, 0.1) is 11.3 Å². The van der Waals surface area contributed by atoms with E-state index in [-0.39, 0.29) is 23.4 Å². The van der Waals surface area contributed by atoms with Crippen LogP contribution in [0.4, 0.5) is 5.69 Å². The van der Waals surface area contributed by atoms with Gasteiger partial charge in [0.25, 0.3) is 0 Å². The summed E-state index contributed by atoms with van der Waals surface area (Å²) < 4.78 is 12.0. The number of methoxy groups -OCH3 is 2. The second-order valence-electron chi connectivity index (χ2n) is 5.86. The molecule has 0 bridgehead atoms. The first-order chi connectivity index (χ1) is 13.5. The van der Waals surface area contributed by atoms with Crippen LogP contribution in [-0.4, -0.2) is 24.7 Å². The van der Waals surface area contributed by atoms with Crippen molar-refractivity contribution in [2.45, 2.75) is 6.54 Å². The van der Waals surface area contributed by atoms with Crippen LogP contribution < -0.4 is 20.2 Å². The third-order valence-electron chi connectivity index (χ3n) is 4.17. The zero-order chi connectivity index (χ0) is 20.3. The zero-order valence-electron chi connectivity index (χ0n) is 15.2. The van der Waals surface area contributed by atoms with Gasteiger partial charge in [-0.15, -0.1) is 0 Å². The maximum atomic E-state index is 12.6. The number of anilines is 1. The number of carbonyl (C=O) groups excluding carboxylic acids is 1. The van der Waals surface area contributed by atoms with Gasteiger partial charge in [-0.25, -0.2) is 0 Å². The normalized spacial score (nSPS) is 10.4. The van der Waals surface area contributed by atoms with Gasteiger partial charge in [0.2, 0.25) is 11.3 Å². The molecule has 1 aromatic heterocycles. The summed E-state index contributed by atoms with van der Waals surface area (Å²) >= 11 is 6.13. The van der Waals surface area contributed by atoms with E-state index < -0.39 is 0 Å². The molecule has 7 nitrogen and oxygen atoms in total. The van der Waals surface area contributed by atoms with Crippen molar-refractivity contribution >= 4 is 34.1 Å². The molecular weight excluding hydrogens is 382 g/mol. The van der Waals surface area contributed by atoms with Crippen LogP contribution in [0.2, 0.25) is 5.02 Å². The molecule has 0 fully saturated rings. The summed E-state index contributed by atoms with van der Waals surface area (Å²) in [4.78, 5) is 24.9. The summed E-state index contributed by atoms with van der Waals surface area (Å²) in [5.41, 5.74) is 0.542. The van der Waals surface area contributed by atoms with Gasteiger partial charge in [-0.05, 0) is 18.2 Å². The number of fused-ring (bicyclic) bond motifs is 1. The molecule has 0 atom stereocenters. The molecule has 3 rings (SSSR count). The number of nitrogens with one attached hydrogen (secondary N) is 1. The second-order valence-corrected chi connectivity index (χ2v) is 6.27. The summed E-state index contributed by atoms with van der Waals surface area (Å²) in [6.45, 7) is -0.109. The first kappa shape index (κ1) is 19.3. The predicted octanol–water partition coefficient (Wildman–Crippen LogP) is 3.18. The van der Waals surface area contributed by atoms with E-state index in [0.29, 0.717) is 33.1 Å². The quantitative estimate of drug-likeness (QED) is 0.713. The number of ether oxygens (including phenoxy) is 2. The summed E-state index contributed by atoms with van der Waals surface area (Å²) in [6.07, 6.45) is 1.38. The molecular formula is C20H16ClN3O4. The number of hydrogen-bond acceptors (Lipinski definition) is 5. The van der Waals surface area contributed by atoms with Crippen LogP contribution in [0.25, 0.3) is 10.9 Å². The number of hydrogen-bond donors (Lipinski definition) is 1. The van der Waals surface area contributed by atoms with Gasteiger partial charge >= 0.3 is 0 Å². The van der Waals surface area contributed by atoms with Gasteiger partial charge in [-0.3, -0.25) is 9.59 Å². The summed E-state index contributed by atoms with van der Waals surface area (Å²) in [7, 11) is 2.94. The van der Waals surface area contributed by atoms with Crippen molar-refractivity contribution in [1.82, 2.24) is 4.57 Å². The molecule has 0 saturated heterocycles. The Balaban J connectivity index is 1.95. The Kier molecular flexibility index (Phi) is 5.52. The van der Waals surface area contributed by atoms with Crippen LogP contribution in [0.15, 0.2) is 47.4 Å². The fourth-order valence-electron chi connectivity index (χ4n) is 2.86. The van der Waals surface area contributed by atoms with E-state index in [1.807, 2.05) is 6.07 Å². The Bertz CT molecular complexity index is 1160. The van der Waals surface area contributed by atoms with Crippen LogP contribution in [0.1, 0.15) is 5.56 Å². The lowest BCUT2D eigenvalue weighted by molar-refractivity contribution is -0.116. The molecule has 1 N–H and O–H groups in total. The second kappa shape index (κ2) is 8.03. The van der Waals surface area contributed by atoms with Crippen molar-refractivity contribution in [3.8, 4) is 17.6 Å². The summed E-state index contributed by atoms with van der Waals surface area (Å²) in [5.74, 6) is 0.427. The van der Waals surface area contributed by atoms with Gasteiger partial charge in [0.05, 0.1) is 30.4 Å². The lowest BCUT2D eigenvalue weighted by Crippen LogP contribution is -2.22. The molecule has 0 spiro atoms. The SMILES string of the molecule is COc1cc(OC)c(NC(=O)Cn2cc(C#N)c(=O)c3ccccc32)cc1Cl. The molecule has 0 unspecified atom stereocenters. The molecule has 2 aromatic carbocycles. The minimum atomic E-state index is -0.378. The van der Waals surface area contributed by atoms with E-state index in [1.54, 1.807) is 34.9 Å². The zero-order valence-corrected chi connectivity index (χ0v) is 15.9. The van der Waals surface area contributed by atoms with Gasteiger partial charge in [0.1, 0.15) is 29.7 Å². The van der Waals surface area contributed by atoms with Crippen LogP contribution >= 0.6 is 11.6 Å². The standard InChI is InChI=1S/C20H16ClN3O4/c1-27-17-8-18(28-2)15(7-14(17)21)23-19(25)11-24-10-12(9-22)20(26)13-5-3-4-6-16(13)24/h3-8,10H,11H2,1-2H3,(H,23,25). The lowest BCUT2D eigenvalue weighted by atomic mass is 10.1. The molecule has 0 aliphatic heterocycles. The Morgan fingerprint density at radius 3 is 2.61 bits per heavy atom. The summed E-state index contributed by atoms with van der Waals surface area (Å²) in [5, 5.41) is 12.6. The Hall–Kier alpha value is -3.50. The number of rotatable bonds is 5. The number of pyridine rings is 1. The highest BCUT2D eigenvalue weighted by atomic mass is 35.5. The van der Waals surface area contributed by atoms with Crippen molar-refractivity contribution in [3.05, 3.63) is 63.4 Å². The average Bonchev–Trinajstić information content (AvgIpc) is 2.70. The van der Waals surface area contributed by atoms with Crippen molar-refractivity contribution in [1.29, 1.82) is 5.26 Å². The molecule has 142 valence electrons. The van der Waals surface area contributed by atoms with Crippen molar-refractivity contribution < 1.29 is 14.3 Å². The van der Waals surface area contributed by atoms with Gasteiger partial charge < -0.3 is 19.4 Å². The third-order valence-corrected chi connectivity index (χ3v) is 4.47. The fraction of sp³-hybridized carbons (Fsp3) is 0.150. The van der Waals surface area contributed by atoms with Gasteiger partial charge in [0, 0.05) is 17.6 Å². The van der Waals surface area contributed by atoms with E-state index in [9.17, 15) is 14.9 Å². The van der Waals surface area contributed by atoms with E-state index >= 15 is 0 Å². The molecule has 1 amide bonds. The number of amides is 1. The van der Waals surface area contributed by atoms with E-state index in [4.69, 9.17) is 21.1 Å². The van der Waals surface area contributed by atoms with Gasteiger partial charge in [-0.1, -0.05) is 23.7 Å². The summed E-state index contributed by atoms with van der Waals surface area (Å²) in [6, 6.07) is 11.8. The molecule has 0 radical (unpaired) electrons. The Morgan fingerprint density at radius 2 is 1.93 bits per heavy atom. The maximum Gasteiger partial charge on any atom is 0.244 e. The Labute approximate surface area is 165 Å². The number of aromatic nitrogens is 1. The number of carbonyl (C=O) groups is 1. The van der Waals surface area contributed by atoms with Crippen molar-refractivity contribution in [3.63, 3.8) is 0 Å². The topological polar surface area (TPSA) is 93.3 Å². The molecule has 3 aromatic rings. The first-order valence-corrected chi connectivity index (χ1v) is 8.60. The molecule has 0 aliphatic rings. The molecule has 0 saturated carbocycles. The molecule has 8 heteroatoms. The largest absolute Gasteiger partial charge is 0.495 e. The fourth-order valence-corrected chi connectivity index (χ4v) is 3.10. The van der Waals surface area contributed by atoms with Crippen molar-refractivity contribution in [2.24, 2.45) is 0 Å². The third kappa shape index (κ3) is 3.63. The minimum Gasteiger partial charge on any atom is -0.495 e. The van der Waals surface area contributed by atoms with E-state index in [0.717, 1.165) is 0 Å². The van der Waals surface area contributed by atoms with E-state index in [1.165, 1.54) is 26.5 Å². The van der Waals surface area contributed by atoms with Crippen LogP contribution in [-0.2, 0) is 11.3 Å². The number of benzene rings is 2. The highest BCUT2D eigenvalue weighted by molar-refractivity contribution is 6.32. The minimum absolute atomic E-state index is 0.0310. The van der Waals surface area contributed by atoms with Crippen molar-refractivity contribution in [2.75, 3.05) is 19.5 Å². The highest BCUT2D eigenvalue weighted by Gasteiger charge is 2.15. The smallest absolute Gasteiger partial charge is 0.244 e. The average molecular weight is 398 g/mol. The highest BCUT2D eigenvalue weighted by Crippen LogP contribution is 2.35. The van der Waals surface area contributed by atoms with Crippen LogP contribution in [0.5, 0.6) is 11.5 Å². The lowest BCUT2D eigenvalue weighted by Gasteiger charge is -2.15.